The van der Waals surface area contributed by atoms with E-state index >= 15 is 0 Å². The van der Waals surface area contributed by atoms with Crippen LogP contribution < -0.4 is 10.6 Å². The van der Waals surface area contributed by atoms with Gasteiger partial charge in [-0.1, -0.05) is 6.42 Å². The van der Waals surface area contributed by atoms with Crippen LogP contribution in [0.1, 0.15) is 26.2 Å². The van der Waals surface area contributed by atoms with Crippen molar-refractivity contribution in [3.63, 3.8) is 0 Å². The molecule has 0 radical (unpaired) electrons. The predicted octanol–water partition coefficient (Wildman–Crippen LogP) is 0.590. The lowest BCUT2D eigenvalue weighted by Gasteiger charge is -2.28. The quantitative estimate of drug-likeness (QED) is 0.637. The summed E-state index contributed by atoms with van der Waals surface area (Å²) in [6.07, 6.45) is 1.85. The molecule has 2 amide bonds. The van der Waals surface area contributed by atoms with E-state index in [1.807, 2.05) is 0 Å². The van der Waals surface area contributed by atoms with Crippen molar-refractivity contribution in [3.8, 4) is 0 Å². The Morgan fingerprint density at radius 2 is 2.15 bits per heavy atom. The summed E-state index contributed by atoms with van der Waals surface area (Å²) in [5.74, 6) is -0.866. The Morgan fingerprint density at radius 3 is 2.70 bits per heavy atom. The van der Waals surface area contributed by atoms with Gasteiger partial charge in [0.05, 0.1) is 18.1 Å². The molecule has 0 aromatic rings. The van der Waals surface area contributed by atoms with E-state index < -0.39 is 11.4 Å². The van der Waals surface area contributed by atoms with Crippen molar-refractivity contribution in [1.82, 2.24) is 10.6 Å². The van der Waals surface area contributed by atoms with E-state index in [0.29, 0.717) is 26.0 Å². The van der Waals surface area contributed by atoms with E-state index in [2.05, 4.69) is 10.6 Å². The summed E-state index contributed by atoms with van der Waals surface area (Å²) in [7, 11) is 3.10. The first-order valence-electron chi connectivity index (χ1n) is 6.73. The van der Waals surface area contributed by atoms with Crippen molar-refractivity contribution in [2.45, 2.75) is 38.3 Å². The first kappa shape index (κ1) is 16.7. The summed E-state index contributed by atoms with van der Waals surface area (Å²) in [6, 6.07) is -0.717. The summed E-state index contributed by atoms with van der Waals surface area (Å²) >= 11 is 0. The van der Waals surface area contributed by atoms with E-state index in [9.17, 15) is 14.7 Å². The number of carbonyl (C=O) groups excluding carboxylic acids is 1. The standard InChI is InChI=1S/C13H24N2O5/c1-13(11(16)17)6-4-5-10(13)15-12(18)14-7-9(20-3)8-19-2/h9-10H,4-8H2,1-3H3,(H,16,17)(H2,14,15,18). The van der Waals surface area contributed by atoms with Gasteiger partial charge in [0.15, 0.2) is 0 Å². The molecule has 3 atom stereocenters. The average Bonchev–Trinajstić information content (AvgIpc) is 2.77. The molecule has 0 bridgehead atoms. The van der Waals surface area contributed by atoms with Gasteiger partial charge in [0, 0.05) is 26.8 Å². The molecule has 116 valence electrons. The predicted molar refractivity (Wildman–Crippen MR) is 72.6 cm³/mol. The topological polar surface area (TPSA) is 96.9 Å². The summed E-state index contributed by atoms with van der Waals surface area (Å²) in [4.78, 5) is 23.1. The van der Waals surface area contributed by atoms with E-state index in [-0.39, 0.29) is 18.2 Å². The molecule has 1 aliphatic rings. The van der Waals surface area contributed by atoms with Crippen LogP contribution in [-0.4, -0.2) is 56.6 Å². The normalized spacial score (nSPS) is 27.1. The molecule has 0 aromatic carbocycles. The Hall–Kier alpha value is -1.34. The number of nitrogens with one attached hydrogen (secondary N) is 2. The summed E-state index contributed by atoms with van der Waals surface area (Å²) < 4.78 is 10.1. The van der Waals surface area contributed by atoms with Crippen LogP contribution in [0.2, 0.25) is 0 Å². The van der Waals surface area contributed by atoms with Gasteiger partial charge in [-0.3, -0.25) is 4.79 Å². The number of aliphatic carboxylic acids is 1. The van der Waals surface area contributed by atoms with Crippen LogP contribution in [0.25, 0.3) is 0 Å². The van der Waals surface area contributed by atoms with Gasteiger partial charge in [-0.2, -0.15) is 0 Å². The fraction of sp³-hybridized carbons (Fsp3) is 0.846. The zero-order chi connectivity index (χ0) is 15.2. The number of carbonyl (C=O) groups is 2. The third kappa shape index (κ3) is 4.08. The van der Waals surface area contributed by atoms with Gasteiger partial charge in [0.2, 0.25) is 0 Å². The number of ether oxygens (including phenoxy) is 2. The number of carboxylic acids is 1. The zero-order valence-electron chi connectivity index (χ0n) is 12.3. The number of amides is 2. The monoisotopic (exact) mass is 288 g/mol. The number of urea groups is 1. The number of rotatable bonds is 7. The molecule has 1 saturated carbocycles. The first-order valence-corrected chi connectivity index (χ1v) is 6.73. The van der Waals surface area contributed by atoms with Crippen LogP contribution in [0.3, 0.4) is 0 Å². The van der Waals surface area contributed by atoms with Gasteiger partial charge in [0.25, 0.3) is 0 Å². The number of methoxy groups -OCH3 is 2. The highest BCUT2D eigenvalue weighted by atomic mass is 16.5. The second-order valence-corrected chi connectivity index (χ2v) is 5.33. The van der Waals surface area contributed by atoms with Gasteiger partial charge in [0.1, 0.15) is 0 Å². The van der Waals surface area contributed by atoms with Gasteiger partial charge in [-0.25, -0.2) is 4.79 Å². The van der Waals surface area contributed by atoms with Crippen molar-refractivity contribution >= 4 is 12.0 Å². The molecule has 1 aliphatic carbocycles. The largest absolute Gasteiger partial charge is 0.481 e. The molecule has 7 heteroatoms. The fourth-order valence-electron chi connectivity index (χ4n) is 2.47. The van der Waals surface area contributed by atoms with Gasteiger partial charge in [-0.05, 0) is 19.8 Å². The van der Waals surface area contributed by atoms with Crippen LogP contribution in [-0.2, 0) is 14.3 Å². The van der Waals surface area contributed by atoms with Crippen molar-refractivity contribution in [2.24, 2.45) is 5.41 Å². The summed E-state index contributed by atoms with van der Waals surface area (Å²) in [5, 5.41) is 14.7. The molecule has 0 spiro atoms. The van der Waals surface area contributed by atoms with E-state index in [0.717, 1.165) is 6.42 Å². The third-order valence-electron chi connectivity index (χ3n) is 3.93. The lowest BCUT2D eigenvalue weighted by atomic mass is 9.85. The van der Waals surface area contributed by atoms with Crippen molar-refractivity contribution in [1.29, 1.82) is 0 Å². The fourth-order valence-corrected chi connectivity index (χ4v) is 2.47. The maximum atomic E-state index is 11.8. The minimum absolute atomic E-state index is 0.222. The minimum atomic E-state index is -0.884. The van der Waals surface area contributed by atoms with Crippen LogP contribution in [0.4, 0.5) is 4.79 Å². The smallest absolute Gasteiger partial charge is 0.315 e. The lowest BCUT2D eigenvalue weighted by Crippen LogP contribution is -2.51. The van der Waals surface area contributed by atoms with E-state index in [1.165, 1.54) is 0 Å². The maximum absolute atomic E-state index is 11.8. The molecule has 0 saturated heterocycles. The lowest BCUT2D eigenvalue weighted by molar-refractivity contribution is -0.148. The molecule has 3 unspecified atom stereocenters. The van der Waals surface area contributed by atoms with Gasteiger partial charge in [-0.15, -0.1) is 0 Å². The summed E-state index contributed by atoms with van der Waals surface area (Å²) in [6.45, 7) is 2.37. The van der Waals surface area contributed by atoms with Crippen molar-refractivity contribution in [3.05, 3.63) is 0 Å². The van der Waals surface area contributed by atoms with Crippen LogP contribution in [0, 0.1) is 5.41 Å². The Labute approximate surface area is 119 Å². The Balaban J connectivity index is 2.44. The molecule has 0 aliphatic heterocycles. The highest BCUT2D eigenvalue weighted by Crippen LogP contribution is 2.38. The first-order chi connectivity index (χ1) is 9.43. The zero-order valence-corrected chi connectivity index (χ0v) is 12.3. The van der Waals surface area contributed by atoms with Crippen molar-refractivity contribution in [2.75, 3.05) is 27.4 Å². The van der Waals surface area contributed by atoms with Crippen LogP contribution >= 0.6 is 0 Å². The van der Waals surface area contributed by atoms with E-state index in [4.69, 9.17) is 9.47 Å². The number of carboxylic acid groups (broad SMARTS) is 1. The molecular weight excluding hydrogens is 264 g/mol. The minimum Gasteiger partial charge on any atom is -0.481 e. The Bertz CT molecular complexity index is 350. The molecule has 1 fully saturated rings. The molecule has 20 heavy (non-hydrogen) atoms. The Kier molecular flexibility index (Phi) is 6.22. The highest BCUT2D eigenvalue weighted by molar-refractivity contribution is 5.79. The second-order valence-electron chi connectivity index (χ2n) is 5.33. The molecular formula is C13H24N2O5. The van der Waals surface area contributed by atoms with Crippen LogP contribution in [0.15, 0.2) is 0 Å². The number of hydrogen-bond donors (Lipinski definition) is 3. The molecule has 0 aromatic heterocycles. The average molecular weight is 288 g/mol. The van der Waals surface area contributed by atoms with Crippen molar-refractivity contribution < 1.29 is 24.2 Å². The molecule has 7 nitrogen and oxygen atoms in total. The SMILES string of the molecule is COCC(CNC(=O)NC1CCCC1(C)C(=O)O)OC. The van der Waals surface area contributed by atoms with Gasteiger partial charge >= 0.3 is 12.0 Å². The third-order valence-corrected chi connectivity index (χ3v) is 3.93. The number of hydrogen-bond acceptors (Lipinski definition) is 4. The second kappa shape index (κ2) is 7.44. The molecule has 0 heterocycles. The summed E-state index contributed by atoms with van der Waals surface area (Å²) in [5.41, 5.74) is -0.884. The van der Waals surface area contributed by atoms with E-state index in [1.54, 1.807) is 21.1 Å². The van der Waals surface area contributed by atoms with Crippen LogP contribution in [0.5, 0.6) is 0 Å². The highest BCUT2D eigenvalue weighted by Gasteiger charge is 2.45. The maximum Gasteiger partial charge on any atom is 0.315 e. The Morgan fingerprint density at radius 1 is 1.45 bits per heavy atom. The molecule has 3 N–H and O–H groups in total. The molecule has 1 rings (SSSR count). The van der Waals surface area contributed by atoms with Gasteiger partial charge < -0.3 is 25.2 Å².